The number of rotatable bonds is 4. The van der Waals surface area contributed by atoms with E-state index in [2.05, 4.69) is 5.32 Å². The summed E-state index contributed by atoms with van der Waals surface area (Å²) in [4.78, 5) is 12.4. The molecule has 0 spiro atoms. The van der Waals surface area contributed by atoms with Crippen LogP contribution in [-0.2, 0) is 14.8 Å². The third-order valence-corrected chi connectivity index (χ3v) is 6.04. The second kappa shape index (κ2) is 6.78. The molecule has 25 heavy (non-hydrogen) atoms. The fourth-order valence-corrected chi connectivity index (χ4v) is 4.28. The molecule has 3 rings (SSSR count). The first-order chi connectivity index (χ1) is 11.8. The lowest BCUT2D eigenvalue weighted by molar-refractivity contribution is 0.0730. The number of sulfonamides is 1. The average Bonchev–Trinajstić information content (AvgIpc) is 2.91. The molecular weight excluding hydrogens is 344 g/mol. The van der Waals surface area contributed by atoms with E-state index in [-0.39, 0.29) is 22.6 Å². The van der Waals surface area contributed by atoms with Gasteiger partial charge in [0.1, 0.15) is 5.58 Å². The number of carbonyl (C=O) groups excluding carboxylic acids is 1. The van der Waals surface area contributed by atoms with E-state index in [1.165, 1.54) is 10.4 Å². The lowest BCUT2D eigenvalue weighted by atomic mass is 10.1. The molecule has 1 aromatic carbocycles. The number of carbonyl (C=O) groups is 1. The molecule has 1 fully saturated rings. The number of ether oxygens (including phenoxy) is 1. The maximum absolute atomic E-state index is 12.8. The highest BCUT2D eigenvalue weighted by molar-refractivity contribution is 7.89. The quantitative estimate of drug-likeness (QED) is 0.893. The highest BCUT2D eigenvalue weighted by Gasteiger charge is 2.27. The zero-order valence-corrected chi connectivity index (χ0v) is 15.4. The number of nitrogens with zero attached hydrogens (tertiary/aromatic N) is 1. The number of morpholine rings is 1. The Hall–Kier alpha value is -1.90. The Bertz CT molecular complexity index is 895. The van der Waals surface area contributed by atoms with Gasteiger partial charge in [-0.3, -0.25) is 4.79 Å². The molecule has 0 aliphatic carbocycles. The third kappa shape index (κ3) is 3.42. The predicted molar refractivity (Wildman–Crippen MR) is 93.1 cm³/mol. The molecule has 1 N–H and O–H groups in total. The molecule has 2 aromatic rings. The molecule has 0 unspecified atom stereocenters. The summed E-state index contributed by atoms with van der Waals surface area (Å²) < 4.78 is 37.8. The van der Waals surface area contributed by atoms with Crippen molar-refractivity contribution in [1.82, 2.24) is 9.62 Å². The van der Waals surface area contributed by atoms with E-state index in [9.17, 15) is 13.2 Å². The van der Waals surface area contributed by atoms with Gasteiger partial charge in [0.25, 0.3) is 5.91 Å². The van der Waals surface area contributed by atoms with E-state index in [0.717, 1.165) is 0 Å². The fourth-order valence-electron chi connectivity index (χ4n) is 2.84. The van der Waals surface area contributed by atoms with E-state index < -0.39 is 10.0 Å². The van der Waals surface area contributed by atoms with Gasteiger partial charge in [-0.2, -0.15) is 4.31 Å². The van der Waals surface area contributed by atoms with E-state index >= 15 is 0 Å². The molecule has 136 valence electrons. The van der Waals surface area contributed by atoms with Crippen molar-refractivity contribution in [2.24, 2.45) is 0 Å². The molecular formula is C17H22N2O5S. The smallest absolute Gasteiger partial charge is 0.287 e. The molecule has 1 aromatic heterocycles. The van der Waals surface area contributed by atoms with Crippen LogP contribution in [0.4, 0.5) is 0 Å². The average molecular weight is 366 g/mol. The number of nitrogens with one attached hydrogen (secondary N) is 1. The summed E-state index contributed by atoms with van der Waals surface area (Å²) in [5.41, 5.74) is 1.12. The minimum atomic E-state index is -3.59. The van der Waals surface area contributed by atoms with Crippen LogP contribution in [0, 0.1) is 6.92 Å². The summed E-state index contributed by atoms with van der Waals surface area (Å²) in [5.74, 6) is -0.0918. The molecule has 1 aliphatic rings. The molecule has 2 heterocycles. The Kier molecular flexibility index (Phi) is 4.86. The first kappa shape index (κ1) is 17.9. The third-order valence-electron chi connectivity index (χ3n) is 4.14. The predicted octanol–water partition coefficient (Wildman–Crippen LogP) is 1.90. The summed E-state index contributed by atoms with van der Waals surface area (Å²) >= 11 is 0. The monoisotopic (exact) mass is 366 g/mol. The van der Waals surface area contributed by atoms with Gasteiger partial charge in [-0.25, -0.2) is 8.42 Å². The summed E-state index contributed by atoms with van der Waals surface area (Å²) in [6.45, 7) is 6.95. The number of furan rings is 1. The summed E-state index contributed by atoms with van der Waals surface area (Å²) in [6.07, 6.45) is 0. The van der Waals surface area contributed by atoms with Crippen molar-refractivity contribution in [1.29, 1.82) is 0 Å². The Morgan fingerprint density at radius 1 is 1.24 bits per heavy atom. The SMILES string of the molecule is Cc1c(C(=O)NC(C)C)oc2ccc(S(=O)(=O)N3CCOCC3)cc12. The van der Waals surface area contributed by atoms with Crippen LogP contribution < -0.4 is 5.32 Å². The largest absolute Gasteiger partial charge is 0.451 e. The van der Waals surface area contributed by atoms with Crippen LogP contribution in [-0.4, -0.2) is 51.0 Å². The molecule has 0 bridgehead atoms. The molecule has 7 nitrogen and oxygen atoms in total. The Labute approximate surface area is 147 Å². The molecule has 8 heteroatoms. The Balaban J connectivity index is 2.00. The molecule has 0 radical (unpaired) electrons. The summed E-state index contributed by atoms with van der Waals surface area (Å²) in [6, 6.07) is 4.67. The lowest BCUT2D eigenvalue weighted by Gasteiger charge is -2.26. The Morgan fingerprint density at radius 2 is 1.92 bits per heavy atom. The van der Waals surface area contributed by atoms with E-state index in [1.54, 1.807) is 19.1 Å². The summed E-state index contributed by atoms with van der Waals surface area (Å²) in [7, 11) is -3.59. The van der Waals surface area contributed by atoms with Crippen molar-refractivity contribution in [3.63, 3.8) is 0 Å². The van der Waals surface area contributed by atoms with E-state index in [1.807, 2.05) is 13.8 Å². The lowest BCUT2D eigenvalue weighted by Crippen LogP contribution is -2.40. The number of hydrogen-bond acceptors (Lipinski definition) is 5. The van der Waals surface area contributed by atoms with Crippen molar-refractivity contribution < 1.29 is 22.4 Å². The second-order valence-electron chi connectivity index (χ2n) is 6.36. The van der Waals surface area contributed by atoms with Crippen LogP contribution in [0.5, 0.6) is 0 Å². The van der Waals surface area contributed by atoms with Gasteiger partial charge in [-0.05, 0) is 39.0 Å². The summed E-state index contributed by atoms with van der Waals surface area (Å²) in [5, 5.41) is 3.41. The highest BCUT2D eigenvalue weighted by Crippen LogP contribution is 2.29. The van der Waals surface area contributed by atoms with Crippen LogP contribution in [0.2, 0.25) is 0 Å². The minimum Gasteiger partial charge on any atom is -0.451 e. The molecule has 1 amide bonds. The van der Waals surface area contributed by atoms with Crippen LogP contribution in [0.15, 0.2) is 27.5 Å². The van der Waals surface area contributed by atoms with Crippen molar-refractivity contribution in [2.45, 2.75) is 31.7 Å². The molecule has 1 aliphatic heterocycles. The van der Waals surface area contributed by atoms with Crippen LogP contribution in [0.25, 0.3) is 11.0 Å². The number of amides is 1. The number of fused-ring (bicyclic) bond motifs is 1. The molecule has 0 saturated carbocycles. The van der Waals surface area contributed by atoms with Gasteiger partial charge in [-0.15, -0.1) is 0 Å². The van der Waals surface area contributed by atoms with E-state index in [4.69, 9.17) is 9.15 Å². The van der Waals surface area contributed by atoms with Crippen molar-refractivity contribution in [3.8, 4) is 0 Å². The van der Waals surface area contributed by atoms with Gasteiger partial charge in [0, 0.05) is 30.1 Å². The Morgan fingerprint density at radius 3 is 2.56 bits per heavy atom. The minimum absolute atomic E-state index is 0.0163. The standard InChI is InChI=1S/C17H22N2O5S/c1-11(2)18-17(20)16-12(3)14-10-13(4-5-15(14)24-16)25(21,22)19-6-8-23-9-7-19/h4-5,10-11H,6-9H2,1-3H3,(H,18,20). The normalized spacial score (nSPS) is 16.5. The first-order valence-corrected chi connectivity index (χ1v) is 9.66. The topological polar surface area (TPSA) is 88.8 Å². The number of benzene rings is 1. The highest BCUT2D eigenvalue weighted by atomic mass is 32.2. The fraction of sp³-hybridized carbons (Fsp3) is 0.471. The van der Waals surface area contributed by atoms with Crippen LogP contribution >= 0.6 is 0 Å². The second-order valence-corrected chi connectivity index (χ2v) is 8.30. The van der Waals surface area contributed by atoms with Crippen molar-refractivity contribution in [3.05, 3.63) is 29.5 Å². The zero-order chi connectivity index (χ0) is 18.2. The van der Waals surface area contributed by atoms with E-state index in [0.29, 0.717) is 42.8 Å². The van der Waals surface area contributed by atoms with Gasteiger partial charge in [0.2, 0.25) is 10.0 Å². The van der Waals surface area contributed by atoms with Crippen LogP contribution in [0.1, 0.15) is 30.0 Å². The maximum Gasteiger partial charge on any atom is 0.287 e. The van der Waals surface area contributed by atoms with Crippen molar-refractivity contribution in [2.75, 3.05) is 26.3 Å². The number of aryl methyl sites for hydroxylation is 1. The molecule has 1 saturated heterocycles. The zero-order valence-electron chi connectivity index (χ0n) is 14.5. The first-order valence-electron chi connectivity index (χ1n) is 8.22. The van der Waals surface area contributed by atoms with Crippen molar-refractivity contribution >= 4 is 26.9 Å². The number of hydrogen-bond donors (Lipinski definition) is 1. The van der Waals surface area contributed by atoms with Gasteiger partial charge in [-0.1, -0.05) is 0 Å². The van der Waals surface area contributed by atoms with Crippen LogP contribution in [0.3, 0.4) is 0 Å². The molecule has 0 atom stereocenters. The van der Waals surface area contributed by atoms with Gasteiger partial charge in [0.15, 0.2) is 5.76 Å². The van der Waals surface area contributed by atoms with Gasteiger partial charge < -0.3 is 14.5 Å². The maximum atomic E-state index is 12.8. The van der Waals surface area contributed by atoms with Gasteiger partial charge in [0.05, 0.1) is 18.1 Å². The van der Waals surface area contributed by atoms with Gasteiger partial charge >= 0.3 is 0 Å².